The highest BCUT2D eigenvalue weighted by atomic mass is 16.6. The van der Waals surface area contributed by atoms with Gasteiger partial charge < -0.3 is 19.4 Å². The molecule has 2 heterocycles. The lowest BCUT2D eigenvalue weighted by molar-refractivity contribution is -0.140. The quantitative estimate of drug-likeness (QED) is 0.342. The van der Waals surface area contributed by atoms with Crippen LogP contribution in [0.25, 0.3) is 10.9 Å². The summed E-state index contributed by atoms with van der Waals surface area (Å²) in [6.45, 7) is 3.48. The van der Waals surface area contributed by atoms with Gasteiger partial charge in [0.15, 0.2) is 0 Å². The average molecular weight is 469 g/mol. The fourth-order valence-corrected chi connectivity index (χ4v) is 4.16. The van der Waals surface area contributed by atoms with Gasteiger partial charge in [-0.2, -0.15) is 0 Å². The van der Waals surface area contributed by atoms with Crippen molar-refractivity contribution in [1.29, 1.82) is 0 Å². The summed E-state index contributed by atoms with van der Waals surface area (Å²) in [6, 6.07) is 16.9. The Bertz CT molecular complexity index is 1490. The summed E-state index contributed by atoms with van der Waals surface area (Å²) < 4.78 is 10.8. The number of para-hydroxylation sites is 1. The summed E-state index contributed by atoms with van der Waals surface area (Å²) in [4.78, 5) is 27.5. The second kappa shape index (κ2) is 8.69. The number of aromatic nitrogens is 2. The number of hydrogen-bond donors (Lipinski definition) is 3. The van der Waals surface area contributed by atoms with E-state index in [1.807, 2.05) is 54.6 Å². The maximum absolute atomic E-state index is 12.5. The normalized spacial score (nSPS) is 14.6. The topological polar surface area (TPSA) is 117 Å². The molecule has 5 rings (SSSR count). The number of carbonyl (C=O) groups is 2. The Morgan fingerprint density at radius 2 is 1.94 bits per heavy atom. The summed E-state index contributed by atoms with van der Waals surface area (Å²) in [5.74, 6) is 5.27. The standard InChI is InChI=1S/C27H23N3O5/c1-16-23(29-26(33)34-17(2)18-7-4-3-5-8-18)22(35-30-16)12-11-20-15-19-9-6-10-21(24(19)28-20)27(13-14-27)25(31)32/h3-10,15,17,28H,13-14H2,1-2H3,(H,29,33)(H,31,32). The first-order valence-electron chi connectivity index (χ1n) is 11.2. The van der Waals surface area contributed by atoms with Gasteiger partial charge in [-0.15, -0.1) is 0 Å². The molecule has 8 nitrogen and oxygen atoms in total. The first kappa shape index (κ1) is 22.3. The molecule has 0 radical (unpaired) electrons. The Hall–Kier alpha value is -4.51. The van der Waals surface area contributed by atoms with Crippen LogP contribution >= 0.6 is 0 Å². The third kappa shape index (κ3) is 4.24. The van der Waals surface area contributed by atoms with Crippen LogP contribution in [0, 0.1) is 18.8 Å². The molecule has 0 bridgehead atoms. The van der Waals surface area contributed by atoms with Gasteiger partial charge in [-0.1, -0.05) is 53.7 Å². The van der Waals surface area contributed by atoms with E-state index in [0.717, 1.165) is 22.0 Å². The van der Waals surface area contributed by atoms with Crippen LogP contribution in [0.3, 0.4) is 0 Å². The van der Waals surface area contributed by atoms with Gasteiger partial charge in [0.25, 0.3) is 0 Å². The largest absolute Gasteiger partial charge is 0.481 e. The van der Waals surface area contributed by atoms with Crippen molar-refractivity contribution >= 4 is 28.7 Å². The number of carbonyl (C=O) groups excluding carboxylic acids is 1. The lowest BCUT2D eigenvalue weighted by atomic mass is 9.94. The number of aryl methyl sites for hydroxylation is 1. The Morgan fingerprint density at radius 3 is 2.66 bits per heavy atom. The molecule has 4 aromatic rings. The van der Waals surface area contributed by atoms with Gasteiger partial charge in [0.05, 0.1) is 16.6 Å². The molecular formula is C27H23N3O5. The molecule has 0 saturated heterocycles. The van der Waals surface area contributed by atoms with Crippen molar-refractivity contribution in [3.63, 3.8) is 0 Å². The van der Waals surface area contributed by atoms with Gasteiger partial charge in [-0.3, -0.25) is 10.1 Å². The number of benzene rings is 2. The molecule has 1 atom stereocenters. The first-order chi connectivity index (χ1) is 16.9. The highest BCUT2D eigenvalue weighted by Gasteiger charge is 2.52. The van der Waals surface area contributed by atoms with Crippen LogP contribution in [-0.2, 0) is 14.9 Å². The number of rotatable bonds is 5. The minimum Gasteiger partial charge on any atom is -0.481 e. The zero-order valence-electron chi connectivity index (χ0n) is 19.2. The lowest BCUT2D eigenvalue weighted by Crippen LogP contribution is -2.19. The zero-order chi connectivity index (χ0) is 24.6. The van der Waals surface area contributed by atoms with E-state index in [-0.39, 0.29) is 5.76 Å². The number of H-pyrrole nitrogens is 1. The maximum atomic E-state index is 12.5. The fraction of sp³-hybridized carbons (Fsp3) is 0.222. The van der Waals surface area contributed by atoms with E-state index in [4.69, 9.17) is 9.26 Å². The van der Waals surface area contributed by atoms with Crippen LogP contribution in [-0.4, -0.2) is 27.3 Å². The molecule has 0 spiro atoms. The Morgan fingerprint density at radius 1 is 1.17 bits per heavy atom. The number of nitrogens with one attached hydrogen (secondary N) is 2. The number of aliphatic carboxylic acids is 1. The molecule has 1 amide bonds. The second-order valence-corrected chi connectivity index (χ2v) is 8.65. The predicted molar refractivity (Wildman–Crippen MR) is 129 cm³/mol. The summed E-state index contributed by atoms with van der Waals surface area (Å²) in [7, 11) is 0. The van der Waals surface area contributed by atoms with E-state index in [1.165, 1.54) is 0 Å². The number of carboxylic acid groups (broad SMARTS) is 1. The van der Waals surface area contributed by atoms with Crippen LogP contribution in [0.4, 0.5) is 10.5 Å². The molecule has 0 aliphatic heterocycles. The van der Waals surface area contributed by atoms with Crippen LogP contribution in [0.1, 0.15) is 54.1 Å². The zero-order valence-corrected chi connectivity index (χ0v) is 19.2. The van der Waals surface area contributed by atoms with Gasteiger partial charge in [-0.05, 0) is 55.7 Å². The molecule has 1 fully saturated rings. The van der Waals surface area contributed by atoms with E-state index < -0.39 is 23.6 Å². The summed E-state index contributed by atoms with van der Waals surface area (Å²) in [6.07, 6.45) is 0.154. The molecule has 2 aromatic heterocycles. The van der Waals surface area contributed by atoms with Gasteiger partial charge >= 0.3 is 12.1 Å². The Labute approximate surface area is 201 Å². The van der Waals surface area contributed by atoms with Gasteiger partial charge in [-0.25, -0.2) is 4.79 Å². The molecule has 176 valence electrons. The number of amides is 1. The number of ether oxygens (including phenoxy) is 1. The fourth-order valence-electron chi connectivity index (χ4n) is 4.16. The van der Waals surface area contributed by atoms with E-state index in [0.29, 0.717) is 29.9 Å². The first-order valence-corrected chi connectivity index (χ1v) is 11.2. The summed E-state index contributed by atoms with van der Waals surface area (Å²) in [5.41, 5.74) is 2.97. The molecular weight excluding hydrogens is 446 g/mol. The third-order valence-corrected chi connectivity index (χ3v) is 6.28. The molecule has 1 aliphatic carbocycles. The number of anilines is 1. The van der Waals surface area contributed by atoms with E-state index in [2.05, 4.69) is 27.3 Å². The number of hydrogen-bond acceptors (Lipinski definition) is 5. The molecule has 35 heavy (non-hydrogen) atoms. The predicted octanol–water partition coefficient (Wildman–Crippen LogP) is 5.29. The van der Waals surface area contributed by atoms with Crippen LogP contribution in [0.15, 0.2) is 59.1 Å². The number of fused-ring (bicyclic) bond motifs is 1. The second-order valence-electron chi connectivity index (χ2n) is 8.65. The van der Waals surface area contributed by atoms with Crippen LogP contribution in [0.5, 0.6) is 0 Å². The third-order valence-electron chi connectivity index (χ3n) is 6.28. The molecule has 2 aromatic carbocycles. The van der Waals surface area contributed by atoms with Crippen molar-refractivity contribution < 1.29 is 24.0 Å². The smallest absolute Gasteiger partial charge is 0.412 e. The minimum atomic E-state index is -0.828. The molecule has 1 aliphatic rings. The van der Waals surface area contributed by atoms with Crippen molar-refractivity contribution in [2.75, 3.05) is 5.32 Å². The van der Waals surface area contributed by atoms with Crippen molar-refractivity contribution in [3.05, 3.63) is 82.9 Å². The van der Waals surface area contributed by atoms with E-state index in [9.17, 15) is 14.7 Å². The van der Waals surface area contributed by atoms with Crippen molar-refractivity contribution in [1.82, 2.24) is 10.1 Å². The molecule has 1 saturated carbocycles. The van der Waals surface area contributed by atoms with Gasteiger partial charge in [0.1, 0.15) is 17.5 Å². The van der Waals surface area contributed by atoms with Crippen molar-refractivity contribution in [2.24, 2.45) is 0 Å². The Kier molecular flexibility index (Phi) is 5.53. The Balaban J connectivity index is 1.37. The van der Waals surface area contributed by atoms with Crippen molar-refractivity contribution in [2.45, 2.75) is 38.2 Å². The summed E-state index contributed by atoms with van der Waals surface area (Å²) in [5, 5.41) is 17.2. The monoisotopic (exact) mass is 469 g/mol. The molecule has 1 unspecified atom stereocenters. The molecule has 8 heteroatoms. The van der Waals surface area contributed by atoms with E-state index in [1.54, 1.807) is 13.8 Å². The molecule has 3 N–H and O–H groups in total. The minimum absolute atomic E-state index is 0.190. The SMILES string of the molecule is Cc1noc(C#Cc2cc3cccc(C4(C(=O)O)CC4)c3[nH]2)c1NC(=O)OC(C)c1ccccc1. The van der Waals surface area contributed by atoms with Crippen LogP contribution in [0.2, 0.25) is 0 Å². The lowest BCUT2D eigenvalue weighted by Gasteiger charge is -2.13. The number of carboxylic acids is 1. The number of nitrogens with zero attached hydrogens (tertiary/aromatic N) is 1. The van der Waals surface area contributed by atoms with E-state index >= 15 is 0 Å². The van der Waals surface area contributed by atoms with Crippen LogP contribution < -0.4 is 5.32 Å². The number of aromatic amines is 1. The van der Waals surface area contributed by atoms with Gasteiger partial charge in [0.2, 0.25) is 5.76 Å². The average Bonchev–Trinajstić information content (AvgIpc) is 3.45. The van der Waals surface area contributed by atoms with Crippen molar-refractivity contribution in [3.8, 4) is 11.8 Å². The highest BCUT2D eigenvalue weighted by Crippen LogP contribution is 2.50. The maximum Gasteiger partial charge on any atom is 0.412 e. The highest BCUT2D eigenvalue weighted by molar-refractivity contribution is 5.94. The summed E-state index contributed by atoms with van der Waals surface area (Å²) >= 11 is 0. The van der Waals surface area contributed by atoms with Gasteiger partial charge in [0, 0.05) is 5.39 Å².